The standard InChI is InChI=1S/C29H49N3O4/c1-11-12-18-30-26(33)25(24-15-13-14-20(4)22(24)6)32(21(5)17-16-19(2)3)27(34)23(7)31-28(35)36-29(8,9)10/h13-15,19,21,23,25H,11-12,16-18H2,1-10H3,(H,30,33)(H,31,35). The molecule has 2 N–H and O–H groups in total. The molecule has 0 aliphatic rings. The van der Waals surface area contributed by atoms with Gasteiger partial charge in [-0.3, -0.25) is 9.59 Å². The van der Waals surface area contributed by atoms with E-state index in [-0.39, 0.29) is 17.9 Å². The summed E-state index contributed by atoms with van der Waals surface area (Å²) in [6.45, 7) is 19.8. The second kappa shape index (κ2) is 14.2. The zero-order chi connectivity index (χ0) is 27.6. The molecule has 3 amide bonds. The molecule has 0 heterocycles. The zero-order valence-corrected chi connectivity index (χ0v) is 24.2. The molecule has 0 aliphatic carbocycles. The van der Waals surface area contributed by atoms with Crippen LogP contribution in [0.1, 0.15) is 104 Å². The van der Waals surface area contributed by atoms with E-state index in [4.69, 9.17) is 4.74 Å². The number of benzene rings is 1. The highest BCUT2D eigenvalue weighted by Crippen LogP contribution is 2.30. The Bertz CT molecular complexity index is 876. The van der Waals surface area contributed by atoms with Crippen molar-refractivity contribution in [2.75, 3.05) is 6.54 Å². The second-order valence-electron chi connectivity index (χ2n) is 11.3. The maximum absolute atomic E-state index is 14.0. The third kappa shape index (κ3) is 9.82. The molecule has 1 rings (SSSR count). The number of carbonyl (C=O) groups is 3. The molecule has 0 saturated carbocycles. The molecule has 7 nitrogen and oxygen atoms in total. The van der Waals surface area contributed by atoms with Gasteiger partial charge in [-0.15, -0.1) is 0 Å². The third-order valence-corrected chi connectivity index (χ3v) is 6.29. The van der Waals surface area contributed by atoms with Crippen LogP contribution in [0, 0.1) is 19.8 Å². The number of hydrogen-bond donors (Lipinski definition) is 2. The molecular weight excluding hydrogens is 454 g/mol. The first kappa shape index (κ1) is 31.5. The average molecular weight is 504 g/mol. The molecule has 1 aromatic rings. The molecule has 1 aromatic carbocycles. The van der Waals surface area contributed by atoms with Crippen LogP contribution in [0.4, 0.5) is 4.79 Å². The topological polar surface area (TPSA) is 87.7 Å². The third-order valence-electron chi connectivity index (χ3n) is 6.29. The summed E-state index contributed by atoms with van der Waals surface area (Å²) < 4.78 is 5.37. The highest BCUT2D eigenvalue weighted by atomic mass is 16.6. The van der Waals surface area contributed by atoms with Crippen molar-refractivity contribution in [2.45, 2.75) is 119 Å². The normalized spacial score (nSPS) is 14.1. The van der Waals surface area contributed by atoms with Crippen LogP contribution in [-0.4, -0.2) is 47.0 Å². The van der Waals surface area contributed by atoms with E-state index in [2.05, 4.69) is 31.4 Å². The predicted octanol–water partition coefficient (Wildman–Crippen LogP) is 5.83. The van der Waals surface area contributed by atoms with Gasteiger partial charge in [-0.1, -0.05) is 45.4 Å². The fourth-order valence-electron chi connectivity index (χ4n) is 4.05. The van der Waals surface area contributed by atoms with Crippen LogP contribution >= 0.6 is 0 Å². The van der Waals surface area contributed by atoms with E-state index in [0.29, 0.717) is 12.5 Å². The summed E-state index contributed by atoms with van der Waals surface area (Å²) in [5.74, 6) is -0.0562. The minimum atomic E-state index is -0.864. The lowest BCUT2D eigenvalue weighted by atomic mass is 9.93. The van der Waals surface area contributed by atoms with Crippen LogP contribution in [-0.2, 0) is 14.3 Å². The Labute approximate surface area is 218 Å². The molecular formula is C29H49N3O4. The van der Waals surface area contributed by atoms with Crippen LogP contribution < -0.4 is 10.6 Å². The Balaban J connectivity index is 3.49. The summed E-state index contributed by atoms with van der Waals surface area (Å²) >= 11 is 0. The Kier molecular flexibility index (Phi) is 12.4. The average Bonchev–Trinajstić information content (AvgIpc) is 2.76. The molecule has 204 valence electrons. The molecule has 0 fully saturated rings. The molecule has 3 atom stereocenters. The van der Waals surface area contributed by atoms with E-state index in [1.165, 1.54) is 0 Å². The van der Waals surface area contributed by atoms with Crippen molar-refractivity contribution in [3.05, 3.63) is 34.9 Å². The second-order valence-corrected chi connectivity index (χ2v) is 11.3. The Morgan fingerprint density at radius 1 is 1.03 bits per heavy atom. The number of aryl methyl sites for hydroxylation is 1. The number of hydrogen-bond acceptors (Lipinski definition) is 4. The fraction of sp³-hybridized carbons (Fsp3) is 0.690. The number of nitrogens with one attached hydrogen (secondary N) is 2. The molecule has 7 heteroatoms. The molecule has 0 radical (unpaired) electrons. The van der Waals surface area contributed by atoms with Gasteiger partial charge in [-0.25, -0.2) is 4.79 Å². The smallest absolute Gasteiger partial charge is 0.408 e. The predicted molar refractivity (Wildman–Crippen MR) is 146 cm³/mol. The monoisotopic (exact) mass is 503 g/mol. The van der Waals surface area contributed by atoms with E-state index in [1.54, 1.807) is 32.6 Å². The number of nitrogens with zero attached hydrogens (tertiary/aromatic N) is 1. The largest absolute Gasteiger partial charge is 0.444 e. The number of carbonyl (C=O) groups excluding carboxylic acids is 3. The lowest BCUT2D eigenvalue weighted by Gasteiger charge is -2.39. The van der Waals surface area contributed by atoms with E-state index in [0.717, 1.165) is 42.4 Å². The summed E-state index contributed by atoms with van der Waals surface area (Å²) in [7, 11) is 0. The first-order chi connectivity index (χ1) is 16.7. The van der Waals surface area contributed by atoms with Crippen LogP contribution in [0.2, 0.25) is 0 Å². The minimum Gasteiger partial charge on any atom is -0.444 e. The number of alkyl carbamates (subject to hydrolysis) is 1. The van der Waals surface area contributed by atoms with E-state index >= 15 is 0 Å². The summed E-state index contributed by atoms with van der Waals surface area (Å²) in [6.07, 6.45) is 2.81. The highest BCUT2D eigenvalue weighted by molar-refractivity contribution is 5.92. The van der Waals surface area contributed by atoms with Gasteiger partial charge < -0.3 is 20.3 Å². The van der Waals surface area contributed by atoms with Gasteiger partial charge >= 0.3 is 6.09 Å². The minimum absolute atomic E-state index is 0.202. The van der Waals surface area contributed by atoms with Crippen molar-refractivity contribution >= 4 is 17.9 Å². The van der Waals surface area contributed by atoms with Crippen molar-refractivity contribution in [3.8, 4) is 0 Å². The molecule has 3 unspecified atom stereocenters. The quantitative estimate of drug-likeness (QED) is 0.352. The molecule has 0 aliphatic heterocycles. The van der Waals surface area contributed by atoms with Gasteiger partial charge in [0.2, 0.25) is 11.8 Å². The lowest BCUT2D eigenvalue weighted by Crippen LogP contribution is -2.55. The van der Waals surface area contributed by atoms with Crippen LogP contribution in [0.25, 0.3) is 0 Å². The first-order valence-electron chi connectivity index (χ1n) is 13.3. The highest BCUT2D eigenvalue weighted by Gasteiger charge is 2.38. The van der Waals surface area contributed by atoms with Crippen molar-refractivity contribution in [2.24, 2.45) is 5.92 Å². The number of amides is 3. The van der Waals surface area contributed by atoms with Gasteiger partial charge in [0.25, 0.3) is 0 Å². The molecule has 0 spiro atoms. The number of unbranched alkanes of at least 4 members (excludes halogenated alkanes) is 1. The molecule has 0 aromatic heterocycles. The van der Waals surface area contributed by atoms with Crippen LogP contribution in [0.3, 0.4) is 0 Å². The molecule has 0 bridgehead atoms. The van der Waals surface area contributed by atoms with Crippen molar-refractivity contribution < 1.29 is 19.1 Å². The van der Waals surface area contributed by atoms with Gasteiger partial charge in [0.1, 0.15) is 17.7 Å². The summed E-state index contributed by atoms with van der Waals surface area (Å²) in [5.41, 5.74) is 2.16. The maximum atomic E-state index is 14.0. The first-order valence-corrected chi connectivity index (χ1v) is 13.3. The molecule has 0 saturated heterocycles. The van der Waals surface area contributed by atoms with Gasteiger partial charge in [0.15, 0.2) is 0 Å². The molecule has 36 heavy (non-hydrogen) atoms. The van der Waals surface area contributed by atoms with Gasteiger partial charge in [-0.2, -0.15) is 0 Å². The lowest BCUT2D eigenvalue weighted by molar-refractivity contribution is -0.145. The van der Waals surface area contributed by atoms with Crippen molar-refractivity contribution in [1.29, 1.82) is 0 Å². The van der Waals surface area contributed by atoms with Crippen LogP contribution in [0.15, 0.2) is 18.2 Å². The van der Waals surface area contributed by atoms with Gasteiger partial charge in [0.05, 0.1) is 0 Å². The van der Waals surface area contributed by atoms with Gasteiger partial charge in [0, 0.05) is 12.6 Å². The van der Waals surface area contributed by atoms with Crippen molar-refractivity contribution in [1.82, 2.24) is 15.5 Å². The Morgan fingerprint density at radius 3 is 2.22 bits per heavy atom. The van der Waals surface area contributed by atoms with Crippen molar-refractivity contribution in [3.63, 3.8) is 0 Å². The number of rotatable bonds is 12. The SMILES string of the molecule is CCCCNC(=O)C(c1cccc(C)c1C)N(C(=O)C(C)NC(=O)OC(C)(C)C)C(C)CCC(C)C. The maximum Gasteiger partial charge on any atom is 0.408 e. The van der Waals surface area contributed by atoms with E-state index < -0.39 is 23.8 Å². The Morgan fingerprint density at radius 2 is 1.67 bits per heavy atom. The Hall–Kier alpha value is -2.57. The zero-order valence-electron chi connectivity index (χ0n) is 24.2. The van der Waals surface area contributed by atoms with E-state index in [9.17, 15) is 14.4 Å². The fourth-order valence-corrected chi connectivity index (χ4v) is 4.05. The summed E-state index contributed by atoms with van der Waals surface area (Å²) in [4.78, 5) is 41.8. The van der Waals surface area contributed by atoms with E-state index in [1.807, 2.05) is 39.0 Å². The van der Waals surface area contributed by atoms with Crippen LogP contribution in [0.5, 0.6) is 0 Å². The summed E-state index contributed by atoms with van der Waals surface area (Å²) in [6, 6.07) is 3.97. The number of ether oxygens (including phenoxy) is 1. The summed E-state index contributed by atoms with van der Waals surface area (Å²) in [5, 5.41) is 5.73. The van der Waals surface area contributed by atoms with Gasteiger partial charge in [-0.05, 0) is 90.3 Å².